The lowest BCUT2D eigenvalue weighted by Gasteiger charge is -2.33. The predicted octanol–water partition coefficient (Wildman–Crippen LogP) is 2.78. The van der Waals surface area contributed by atoms with Crippen LogP contribution in [0.1, 0.15) is 18.4 Å². The average molecular weight is 422 g/mol. The second-order valence-electron chi connectivity index (χ2n) is 7.55. The zero-order valence-corrected chi connectivity index (χ0v) is 17.7. The molecule has 1 fully saturated rings. The number of hydrogen-bond acceptors (Lipinski definition) is 6. The second-order valence-corrected chi connectivity index (χ2v) is 7.55. The van der Waals surface area contributed by atoms with Crippen LogP contribution in [0.4, 0.5) is 10.5 Å². The van der Waals surface area contributed by atoms with Crippen molar-refractivity contribution in [1.82, 2.24) is 14.9 Å². The van der Waals surface area contributed by atoms with Crippen molar-refractivity contribution in [2.24, 2.45) is 0 Å². The Balaban J connectivity index is 1.57. The molecule has 0 spiro atoms. The van der Waals surface area contributed by atoms with Crippen molar-refractivity contribution in [2.75, 3.05) is 32.1 Å². The quantitative estimate of drug-likeness (QED) is 0.681. The number of pyridine rings is 2. The SMILES string of the molecule is CNC(=O)OC1CCN(c2cnc3ccc(=O)n(Cc4ccc(OC)cc4)c3c2)CC1. The molecule has 8 nitrogen and oxygen atoms in total. The number of hydrogen-bond donors (Lipinski definition) is 1. The first-order valence-corrected chi connectivity index (χ1v) is 10.3. The molecule has 4 rings (SSSR count). The minimum atomic E-state index is -0.395. The van der Waals surface area contributed by atoms with Crippen LogP contribution in [0.15, 0.2) is 53.5 Å². The molecule has 0 saturated carbocycles. The number of fused-ring (bicyclic) bond motifs is 1. The highest BCUT2D eigenvalue weighted by Gasteiger charge is 2.22. The summed E-state index contributed by atoms with van der Waals surface area (Å²) < 4.78 is 12.3. The lowest BCUT2D eigenvalue weighted by Crippen LogP contribution is -2.39. The summed E-state index contributed by atoms with van der Waals surface area (Å²) in [6.45, 7) is 1.96. The molecule has 8 heteroatoms. The Morgan fingerprint density at radius 1 is 1.16 bits per heavy atom. The van der Waals surface area contributed by atoms with Crippen molar-refractivity contribution >= 4 is 22.8 Å². The molecule has 1 saturated heterocycles. The molecule has 3 heterocycles. The summed E-state index contributed by atoms with van der Waals surface area (Å²) in [6, 6.07) is 13.0. The van der Waals surface area contributed by atoms with Crippen LogP contribution in [-0.2, 0) is 11.3 Å². The number of carbonyl (C=O) groups is 1. The second kappa shape index (κ2) is 9.07. The number of aromatic nitrogens is 2. The largest absolute Gasteiger partial charge is 0.497 e. The monoisotopic (exact) mass is 422 g/mol. The van der Waals surface area contributed by atoms with Gasteiger partial charge in [0.15, 0.2) is 0 Å². The number of nitrogens with one attached hydrogen (secondary N) is 1. The molecule has 1 amide bonds. The maximum atomic E-state index is 12.7. The Hall–Kier alpha value is -3.55. The van der Waals surface area contributed by atoms with Crippen molar-refractivity contribution in [3.63, 3.8) is 0 Å². The molecule has 31 heavy (non-hydrogen) atoms. The Labute approximate surface area is 180 Å². The van der Waals surface area contributed by atoms with Gasteiger partial charge in [0.1, 0.15) is 11.9 Å². The van der Waals surface area contributed by atoms with Gasteiger partial charge in [-0.2, -0.15) is 0 Å². The maximum absolute atomic E-state index is 12.7. The number of benzene rings is 1. The first-order chi connectivity index (χ1) is 15.1. The van der Waals surface area contributed by atoms with Gasteiger partial charge in [-0.25, -0.2) is 4.79 Å². The van der Waals surface area contributed by atoms with E-state index in [1.54, 1.807) is 30.9 Å². The van der Waals surface area contributed by atoms with Crippen molar-refractivity contribution in [3.05, 3.63) is 64.6 Å². The van der Waals surface area contributed by atoms with Crippen LogP contribution in [0.2, 0.25) is 0 Å². The van der Waals surface area contributed by atoms with E-state index in [0.29, 0.717) is 6.54 Å². The molecule has 0 aliphatic carbocycles. The maximum Gasteiger partial charge on any atom is 0.407 e. The highest BCUT2D eigenvalue weighted by molar-refractivity contribution is 5.78. The van der Waals surface area contributed by atoms with Crippen LogP contribution in [0.3, 0.4) is 0 Å². The van der Waals surface area contributed by atoms with E-state index in [1.807, 2.05) is 36.5 Å². The van der Waals surface area contributed by atoms with Gasteiger partial charge in [0, 0.05) is 39.0 Å². The zero-order valence-electron chi connectivity index (χ0n) is 17.7. The van der Waals surface area contributed by atoms with Gasteiger partial charge < -0.3 is 24.3 Å². The molecule has 2 aromatic heterocycles. The van der Waals surface area contributed by atoms with Gasteiger partial charge in [0.05, 0.1) is 36.6 Å². The van der Waals surface area contributed by atoms with E-state index in [4.69, 9.17) is 9.47 Å². The van der Waals surface area contributed by atoms with E-state index in [-0.39, 0.29) is 11.7 Å². The van der Waals surface area contributed by atoms with Gasteiger partial charge in [0.2, 0.25) is 0 Å². The molecule has 1 aromatic carbocycles. The van der Waals surface area contributed by atoms with Crippen LogP contribution in [0.25, 0.3) is 11.0 Å². The molecule has 3 aromatic rings. The van der Waals surface area contributed by atoms with E-state index >= 15 is 0 Å². The van der Waals surface area contributed by atoms with Crippen LogP contribution in [0, 0.1) is 0 Å². The Morgan fingerprint density at radius 2 is 1.90 bits per heavy atom. The molecule has 0 radical (unpaired) electrons. The molecule has 162 valence electrons. The fourth-order valence-corrected chi connectivity index (χ4v) is 3.85. The number of ether oxygens (including phenoxy) is 2. The van der Waals surface area contributed by atoms with E-state index in [0.717, 1.165) is 54.0 Å². The number of rotatable bonds is 5. The molecule has 0 bridgehead atoms. The van der Waals surface area contributed by atoms with Crippen LogP contribution in [-0.4, -0.2) is 49.0 Å². The number of amides is 1. The third-order valence-corrected chi connectivity index (χ3v) is 5.61. The summed E-state index contributed by atoms with van der Waals surface area (Å²) in [6.07, 6.45) is 2.86. The highest BCUT2D eigenvalue weighted by Crippen LogP contribution is 2.24. The topological polar surface area (TPSA) is 85.7 Å². The molecule has 1 aliphatic heterocycles. The first kappa shape index (κ1) is 20.7. The van der Waals surface area contributed by atoms with Crippen LogP contribution >= 0.6 is 0 Å². The molecule has 0 unspecified atom stereocenters. The summed E-state index contributed by atoms with van der Waals surface area (Å²) in [5.41, 5.74) is 3.46. The number of methoxy groups -OCH3 is 1. The number of carbonyl (C=O) groups excluding carboxylic acids is 1. The number of alkyl carbamates (subject to hydrolysis) is 1. The Bertz CT molecular complexity index is 1120. The van der Waals surface area contributed by atoms with E-state index in [9.17, 15) is 9.59 Å². The first-order valence-electron chi connectivity index (χ1n) is 10.3. The molecular weight excluding hydrogens is 396 g/mol. The highest BCUT2D eigenvalue weighted by atomic mass is 16.6. The minimum absolute atomic E-state index is 0.0695. The fraction of sp³-hybridized carbons (Fsp3) is 0.348. The lowest BCUT2D eigenvalue weighted by atomic mass is 10.1. The number of anilines is 1. The van der Waals surface area contributed by atoms with E-state index < -0.39 is 6.09 Å². The number of nitrogens with zero attached hydrogens (tertiary/aromatic N) is 3. The summed E-state index contributed by atoms with van der Waals surface area (Å²) in [5, 5.41) is 2.49. The van der Waals surface area contributed by atoms with Crippen LogP contribution < -0.4 is 20.5 Å². The molecule has 1 N–H and O–H groups in total. The molecular formula is C23H26N4O4. The van der Waals surface area contributed by atoms with Crippen molar-refractivity contribution < 1.29 is 14.3 Å². The standard InChI is InChI=1S/C23H26N4O4/c1-24-23(29)31-19-9-11-26(12-10-19)17-13-21-20(25-14-17)7-8-22(28)27(21)15-16-3-5-18(30-2)6-4-16/h3-8,13-14,19H,9-12,15H2,1-2H3,(H,24,29). The molecule has 0 atom stereocenters. The van der Waals surface area contributed by atoms with Gasteiger partial charge in [-0.1, -0.05) is 12.1 Å². The van der Waals surface area contributed by atoms with Gasteiger partial charge in [0.25, 0.3) is 5.56 Å². The average Bonchev–Trinajstić information content (AvgIpc) is 2.81. The van der Waals surface area contributed by atoms with Crippen molar-refractivity contribution in [1.29, 1.82) is 0 Å². The Morgan fingerprint density at radius 3 is 2.58 bits per heavy atom. The fourth-order valence-electron chi connectivity index (χ4n) is 3.85. The van der Waals surface area contributed by atoms with Gasteiger partial charge in [-0.3, -0.25) is 9.78 Å². The van der Waals surface area contributed by atoms with Gasteiger partial charge >= 0.3 is 6.09 Å². The summed E-state index contributed by atoms with van der Waals surface area (Å²) in [7, 11) is 3.19. The minimum Gasteiger partial charge on any atom is -0.497 e. The third-order valence-electron chi connectivity index (χ3n) is 5.61. The molecule has 1 aliphatic rings. The number of piperidine rings is 1. The summed E-state index contributed by atoms with van der Waals surface area (Å²) >= 11 is 0. The van der Waals surface area contributed by atoms with Gasteiger partial charge in [-0.15, -0.1) is 0 Å². The zero-order chi connectivity index (χ0) is 21.8. The summed E-state index contributed by atoms with van der Waals surface area (Å²) in [4.78, 5) is 30.9. The predicted molar refractivity (Wildman–Crippen MR) is 119 cm³/mol. The summed E-state index contributed by atoms with van der Waals surface area (Å²) in [5.74, 6) is 0.779. The van der Waals surface area contributed by atoms with E-state index in [2.05, 4.69) is 15.2 Å². The van der Waals surface area contributed by atoms with Crippen LogP contribution in [0.5, 0.6) is 5.75 Å². The lowest BCUT2D eigenvalue weighted by molar-refractivity contribution is 0.0849. The smallest absolute Gasteiger partial charge is 0.407 e. The van der Waals surface area contributed by atoms with Crippen molar-refractivity contribution in [2.45, 2.75) is 25.5 Å². The third kappa shape index (κ3) is 4.63. The Kier molecular flexibility index (Phi) is 6.06. The normalized spacial score (nSPS) is 14.5. The van der Waals surface area contributed by atoms with E-state index in [1.165, 1.54) is 0 Å². The van der Waals surface area contributed by atoms with Crippen molar-refractivity contribution in [3.8, 4) is 5.75 Å². The van der Waals surface area contributed by atoms with Gasteiger partial charge in [-0.05, 0) is 29.8 Å².